The molecule has 1 atom stereocenters. The summed E-state index contributed by atoms with van der Waals surface area (Å²) in [5.74, 6) is 0.103. The molecule has 0 radical (unpaired) electrons. The van der Waals surface area contributed by atoms with Crippen molar-refractivity contribution in [1.29, 1.82) is 0 Å². The van der Waals surface area contributed by atoms with E-state index < -0.39 is 0 Å². The molecular weight excluding hydrogens is 216 g/mol. The van der Waals surface area contributed by atoms with Crippen molar-refractivity contribution in [2.24, 2.45) is 11.1 Å². The zero-order valence-electron chi connectivity index (χ0n) is 10.2. The predicted molar refractivity (Wildman–Crippen MR) is 65.2 cm³/mol. The minimum absolute atomic E-state index is 0.0754. The van der Waals surface area contributed by atoms with Gasteiger partial charge in [0.25, 0.3) is 0 Å². The van der Waals surface area contributed by atoms with Gasteiger partial charge in [0.05, 0.1) is 12.0 Å². The van der Waals surface area contributed by atoms with Crippen molar-refractivity contribution < 1.29 is 4.79 Å². The van der Waals surface area contributed by atoms with Crippen LogP contribution in [-0.2, 0) is 11.3 Å². The van der Waals surface area contributed by atoms with Gasteiger partial charge in [-0.2, -0.15) is 5.10 Å². The number of nitrogens with two attached hydrogens (primary N) is 1. The van der Waals surface area contributed by atoms with Gasteiger partial charge in [-0.05, 0) is 25.8 Å². The molecule has 0 bridgehead atoms. The molecule has 1 aromatic heterocycles. The molecule has 1 aliphatic carbocycles. The molecule has 5 heteroatoms. The quantitative estimate of drug-likeness (QED) is 0.782. The van der Waals surface area contributed by atoms with Crippen molar-refractivity contribution in [3.05, 3.63) is 18.5 Å². The van der Waals surface area contributed by atoms with Crippen LogP contribution in [0.3, 0.4) is 0 Å². The van der Waals surface area contributed by atoms with E-state index in [0.717, 1.165) is 19.3 Å². The number of carbonyl (C=O) groups excluding carboxylic acids is 1. The van der Waals surface area contributed by atoms with Crippen LogP contribution in [0.15, 0.2) is 18.5 Å². The lowest BCUT2D eigenvalue weighted by atomic mass is 9.68. The van der Waals surface area contributed by atoms with Gasteiger partial charge in [0.2, 0.25) is 5.91 Å². The Bertz CT molecular complexity index is 364. The van der Waals surface area contributed by atoms with E-state index in [0.29, 0.717) is 13.1 Å². The summed E-state index contributed by atoms with van der Waals surface area (Å²) in [6.45, 7) is 3.13. The standard InChI is InChI=1S/C12H20N4O/c1-10(8-16-7-3-6-14-16)15-11(17)12(9-13)4-2-5-12/h3,6-7,10H,2,4-5,8-9,13H2,1H3,(H,15,17). The Morgan fingerprint density at radius 1 is 1.65 bits per heavy atom. The van der Waals surface area contributed by atoms with Crippen molar-refractivity contribution in [3.8, 4) is 0 Å². The zero-order valence-corrected chi connectivity index (χ0v) is 10.2. The van der Waals surface area contributed by atoms with Gasteiger partial charge in [0.15, 0.2) is 0 Å². The molecule has 1 unspecified atom stereocenters. The van der Waals surface area contributed by atoms with Crippen LogP contribution in [0.25, 0.3) is 0 Å². The van der Waals surface area contributed by atoms with Crippen molar-refractivity contribution in [1.82, 2.24) is 15.1 Å². The van der Waals surface area contributed by atoms with Crippen molar-refractivity contribution in [2.75, 3.05) is 6.54 Å². The molecule has 0 spiro atoms. The first-order valence-electron chi connectivity index (χ1n) is 6.15. The lowest BCUT2D eigenvalue weighted by molar-refractivity contribution is -0.135. The largest absolute Gasteiger partial charge is 0.351 e. The van der Waals surface area contributed by atoms with Gasteiger partial charge in [0, 0.05) is 25.0 Å². The number of nitrogens with one attached hydrogen (secondary N) is 1. The molecule has 0 aliphatic heterocycles. The summed E-state index contributed by atoms with van der Waals surface area (Å²) in [5.41, 5.74) is 5.41. The van der Waals surface area contributed by atoms with Gasteiger partial charge in [0.1, 0.15) is 0 Å². The van der Waals surface area contributed by atoms with Crippen molar-refractivity contribution in [3.63, 3.8) is 0 Å². The molecular formula is C12H20N4O. The SMILES string of the molecule is CC(Cn1cccn1)NC(=O)C1(CN)CCC1. The minimum atomic E-state index is -0.293. The molecule has 3 N–H and O–H groups in total. The topological polar surface area (TPSA) is 72.9 Å². The normalized spacial score (nSPS) is 19.4. The van der Waals surface area contributed by atoms with Gasteiger partial charge in [-0.25, -0.2) is 0 Å². The summed E-state index contributed by atoms with van der Waals surface area (Å²) in [4.78, 5) is 12.1. The molecule has 0 aromatic carbocycles. The van der Waals surface area contributed by atoms with Crippen molar-refractivity contribution in [2.45, 2.75) is 38.8 Å². The molecule has 0 saturated heterocycles. The number of carbonyl (C=O) groups is 1. The Hall–Kier alpha value is -1.36. The number of aromatic nitrogens is 2. The average Bonchev–Trinajstić information content (AvgIpc) is 2.69. The molecule has 1 amide bonds. The number of rotatable bonds is 5. The smallest absolute Gasteiger partial charge is 0.227 e. The maximum atomic E-state index is 12.1. The van der Waals surface area contributed by atoms with E-state index in [-0.39, 0.29) is 17.4 Å². The van der Waals surface area contributed by atoms with Crippen LogP contribution in [0.5, 0.6) is 0 Å². The first-order chi connectivity index (χ1) is 8.16. The maximum absolute atomic E-state index is 12.1. The van der Waals surface area contributed by atoms with Gasteiger partial charge >= 0.3 is 0 Å². The van der Waals surface area contributed by atoms with Crippen LogP contribution in [0.4, 0.5) is 0 Å². The predicted octanol–water partition coefficient (Wildman–Crippen LogP) is 0.517. The van der Waals surface area contributed by atoms with Crippen LogP contribution >= 0.6 is 0 Å². The number of hydrogen-bond donors (Lipinski definition) is 2. The second kappa shape index (κ2) is 4.87. The minimum Gasteiger partial charge on any atom is -0.351 e. The van der Waals surface area contributed by atoms with Crippen molar-refractivity contribution >= 4 is 5.91 Å². The molecule has 1 saturated carbocycles. The maximum Gasteiger partial charge on any atom is 0.227 e. The Labute approximate surface area is 101 Å². The fourth-order valence-electron chi connectivity index (χ4n) is 2.24. The Balaban J connectivity index is 1.86. The van der Waals surface area contributed by atoms with Crippen LogP contribution in [0.2, 0.25) is 0 Å². The molecule has 1 aromatic rings. The highest BCUT2D eigenvalue weighted by molar-refractivity contribution is 5.84. The fraction of sp³-hybridized carbons (Fsp3) is 0.667. The third-order valence-electron chi connectivity index (χ3n) is 3.58. The second-order valence-corrected chi connectivity index (χ2v) is 4.94. The number of amides is 1. The van der Waals surface area contributed by atoms with E-state index in [4.69, 9.17) is 5.73 Å². The van der Waals surface area contributed by atoms with E-state index in [9.17, 15) is 4.79 Å². The average molecular weight is 236 g/mol. The lowest BCUT2D eigenvalue weighted by Crippen LogP contribution is -2.52. The first-order valence-corrected chi connectivity index (χ1v) is 6.15. The highest BCUT2D eigenvalue weighted by Gasteiger charge is 2.43. The summed E-state index contributed by atoms with van der Waals surface area (Å²) < 4.78 is 1.82. The van der Waals surface area contributed by atoms with Crippen LogP contribution in [-0.4, -0.2) is 28.3 Å². The molecule has 94 valence electrons. The second-order valence-electron chi connectivity index (χ2n) is 4.94. The Kier molecular flexibility index (Phi) is 3.47. The molecule has 5 nitrogen and oxygen atoms in total. The highest BCUT2D eigenvalue weighted by Crippen LogP contribution is 2.40. The van der Waals surface area contributed by atoms with Crippen LogP contribution in [0, 0.1) is 5.41 Å². The van der Waals surface area contributed by atoms with Gasteiger partial charge < -0.3 is 11.1 Å². The third-order valence-corrected chi connectivity index (χ3v) is 3.58. The monoisotopic (exact) mass is 236 g/mol. The molecule has 1 aliphatic rings. The summed E-state index contributed by atoms with van der Waals surface area (Å²) >= 11 is 0. The van der Waals surface area contributed by atoms with E-state index in [2.05, 4.69) is 10.4 Å². The van der Waals surface area contributed by atoms with E-state index in [1.54, 1.807) is 6.20 Å². The summed E-state index contributed by atoms with van der Waals surface area (Å²) in [7, 11) is 0. The van der Waals surface area contributed by atoms with E-state index >= 15 is 0 Å². The fourth-order valence-corrected chi connectivity index (χ4v) is 2.24. The molecule has 1 fully saturated rings. The van der Waals surface area contributed by atoms with Crippen LogP contribution in [0.1, 0.15) is 26.2 Å². The first kappa shape index (κ1) is 12.1. The van der Waals surface area contributed by atoms with E-state index in [1.807, 2.05) is 23.9 Å². The summed E-state index contributed by atoms with van der Waals surface area (Å²) in [5, 5.41) is 7.15. The van der Waals surface area contributed by atoms with Crippen LogP contribution < -0.4 is 11.1 Å². The Morgan fingerprint density at radius 2 is 2.41 bits per heavy atom. The number of nitrogens with zero attached hydrogens (tertiary/aromatic N) is 2. The van der Waals surface area contributed by atoms with E-state index in [1.165, 1.54) is 0 Å². The highest BCUT2D eigenvalue weighted by atomic mass is 16.2. The van der Waals surface area contributed by atoms with Gasteiger partial charge in [-0.3, -0.25) is 9.48 Å². The Morgan fingerprint density at radius 3 is 2.88 bits per heavy atom. The lowest BCUT2D eigenvalue weighted by Gasteiger charge is -2.39. The number of hydrogen-bond acceptors (Lipinski definition) is 3. The summed E-state index contributed by atoms with van der Waals surface area (Å²) in [6, 6.07) is 1.95. The molecule has 1 heterocycles. The van der Waals surface area contributed by atoms with Gasteiger partial charge in [-0.15, -0.1) is 0 Å². The van der Waals surface area contributed by atoms with Gasteiger partial charge in [-0.1, -0.05) is 6.42 Å². The zero-order chi connectivity index (χ0) is 12.3. The molecule has 2 rings (SSSR count). The third kappa shape index (κ3) is 2.49. The summed E-state index contributed by atoms with van der Waals surface area (Å²) in [6.07, 6.45) is 6.58. The molecule has 17 heavy (non-hydrogen) atoms.